The fourth-order valence-corrected chi connectivity index (χ4v) is 2.35. The zero-order valence-electron chi connectivity index (χ0n) is 15.6. The second-order valence-electron chi connectivity index (χ2n) is 6.09. The molecule has 0 spiro atoms. The molecule has 0 saturated carbocycles. The van der Waals surface area contributed by atoms with E-state index in [1.165, 1.54) is 17.0 Å². The Kier molecular flexibility index (Phi) is 6.93. The molecule has 2 aromatic rings. The highest BCUT2D eigenvalue weighted by Crippen LogP contribution is 2.11. The van der Waals surface area contributed by atoms with Gasteiger partial charge in [0.2, 0.25) is 0 Å². The highest BCUT2D eigenvalue weighted by atomic mass is 16.5. The summed E-state index contributed by atoms with van der Waals surface area (Å²) in [5, 5.41) is 4.91. The number of benzene rings is 2. The van der Waals surface area contributed by atoms with Crippen LogP contribution in [0.2, 0.25) is 0 Å². The van der Waals surface area contributed by atoms with Gasteiger partial charge in [-0.1, -0.05) is 12.1 Å². The van der Waals surface area contributed by atoms with Gasteiger partial charge in [-0.15, -0.1) is 0 Å². The maximum atomic E-state index is 12.1. The molecule has 0 aliphatic carbocycles. The van der Waals surface area contributed by atoms with Gasteiger partial charge in [-0.3, -0.25) is 14.9 Å². The van der Waals surface area contributed by atoms with Crippen molar-refractivity contribution >= 4 is 17.8 Å². The molecule has 27 heavy (non-hydrogen) atoms. The number of hydrogen-bond donors (Lipinski definition) is 2. The molecule has 0 atom stereocenters. The maximum absolute atomic E-state index is 12.1. The summed E-state index contributed by atoms with van der Waals surface area (Å²) < 4.78 is 5.09. The molecule has 0 aliphatic heterocycles. The summed E-state index contributed by atoms with van der Waals surface area (Å²) in [7, 11) is 4.91. The van der Waals surface area contributed by atoms with Crippen LogP contribution in [0.5, 0.6) is 5.75 Å². The molecule has 2 rings (SSSR count). The monoisotopic (exact) mass is 369 g/mol. The lowest BCUT2D eigenvalue weighted by atomic mass is 10.1. The molecule has 0 heterocycles. The van der Waals surface area contributed by atoms with Gasteiger partial charge in [0.25, 0.3) is 11.8 Å². The SMILES string of the molecule is COc1ccc(CCNC(=O)NC(=O)c2ccc(C(=O)N(C)C)cc2)cc1. The van der Waals surface area contributed by atoms with Crippen LogP contribution in [0.25, 0.3) is 0 Å². The first-order valence-corrected chi connectivity index (χ1v) is 8.44. The van der Waals surface area contributed by atoms with E-state index in [2.05, 4.69) is 10.6 Å². The van der Waals surface area contributed by atoms with Crippen LogP contribution in [0.3, 0.4) is 0 Å². The topological polar surface area (TPSA) is 87.7 Å². The minimum Gasteiger partial charge on any atom is -0.497 e. The van der Waals surface area contributed by atoms with E-state index in [1.807, 2.05) is 24.3 Å². The van der Waals surface area contributed by atoms with E-state index in [0.29, 0.717) is 24.1 Å². The molecular formula is C20H23N3O4. The predicted molar refractivity (Wildman–Crippen MR) is 102 cm³/mol. The van der Waals surface area contributed by atoms with Gasteiger partial charge < -0.3 is 15.0 Å². The molecule has 0 radical (unpaired) electrons. The Labute approximate surface area is 158 Å². The summed E-state index contributed by atoms with van der Waals surface area (Å²) >= 11 is 0. The molecule has 2 N–H and O–H groups in total. The zero-order valence-corrected chi connectivity index (χ0v) is 15.6. The Balaban J connectivity index is 1.80. The number of ether oxygens (including phenoxy) is 1. The number of imide groups is 1. The van der Waals surface area contributed by atoms with Crippen LogP contribution in [0, 0.1) is 0 Å². The van der Waals surface area contributed by atoms with Crippen LogP contribution in [0.15, 0.2) is 48.5 Å². The third kappa shape index (κ3) is 5.85. The second kappa shape index (κ2) is 9.38. The van der Waals surface area contributed by atoms with Gasteiger partial charge in [0.1, 0.15) is 5.75 Å². The number of carbonyl (C=O) groups is 3. The minimum atomic E-state index is -0.568. The third-order valence-electron chi connectivity index (χ3n) is 3.89. The Hall–Kier alpha value is -3.35. The molecule has 142 valence electrons. The summed E-state index contributed by atoms with van der Waals surface area (Å²) in [5.41, 5.74) is 1.82. The molecule has 0 unspecified atom stereocenters. The molecule has 4 amide bonds. The van der Waals surface area contributed by atoms with E-state index >= 15 is 0 Å². The Morgan fingerprint density at radius 1 is 0.926 bits per heavy atom. The molecular weight excluding hydrogens is 346 g/mol. The van der Waals surface area contributed by atoms with Crippen molar-refractivity contribution in [1.29, 1.82) is 0 Å². The quantitative estimate of drug-likeness (QED) is 0.816. The van der Waals surface area contributed by atoms with E-state index in [0.717, 1.165) is 11.3 Å². The van der Waals surface area contributed by atoms with Crippen LogP contribution in [0.4, 0.5) is 4.79 Å². The van der Waals surface area contributed by atoms with Crippen molar-refractivity contribution < 1.29 is 19.1 Å². The highest BCUT2D eigenvalue weighted by Gasteiger charge is 2.12. The molecule has 2 aromatic carbocycles. The number of nitrogens with zero attached hydrogens (tertiary/aromatic N) is 1. The average molecular weight is 369 g/mol. The van der Waals surface area contributed by atoms with Gasteiger partial charge in [0, 0.05) is 31.8 Å². The summed E-state index contributed by atoms with van der Waals surface area (Å²) in [6.07, 6.45) is 0.632. The van der Waals surface area contributed by atoms with Crippen molar-refractivity contribution in [2.45, 2.75) is 6.42 Å². The zero-order chi connectivity index (χ0) is 19.8. The standard InChI is InChI=1S/C20H23N3O4/c1-23(2)19(25)16-8-6-15(7-9-16)18(24)22-20(26)21-13-12-14-4-10-17(27-3)11-5-14/h4-11H,12-13H2,1-3H3,(H2,21,22,24,26). The first-order valence-electron chi connectivity index (χ1n) is 8.44. The molecule has 0 saturated heterocycles. The minimum absolute atomic E-state index is 0.154. The number of carbonyl (C=O) groups excluding carboxylic acids is 3. The molecule has 7 heteroatoms. The summed E-state index contributed by atoms with van der Waals surface area (Å²) in [6.45, 7) is 0.391. The third-order valence-corrected chi connectivity index (χ3v) is 3.89. The average Bonchev–Trinajstić information content (AvgIpc) is 2.68. The van der Waals surface area contributed by atoms with E-state index in [1.54, 1.807) is 33.3 Å². The molecule has 7 nitrogen and oxygen atoms in total. The number of nitrogens with one attached hydrogen (secondary N) is 2. The summed E-state index contributed by atoms with van der Waals surface area (Å²) in [5.74, 6) is 0.0902. The smallest absolute Gasteiger partial charge is 0.321 e. The lowest BCUT2D eigenvalue weighted by molar-refractivity contribution is 0.0826. The lowest BCUT2D eigenvalue weighted by Crippen LogP contribution is -2.40. The Morgan fingerprint density at radius 3 is 2.07 bits per heavy atom. The van der Waals surface area contributed by atoms with E-state index < -0.39 is 11.9 Å². The van der Waals surface area contributed by atoms with Crippen LogP contribution in [0.1, 0.15) is 26.3 Å². The number of urea groups is 1. The van der Waals surface area contributed by atoms with Crippen molar-refractivity contribution in [3.8, 4) is 5.75 Å². The number of amides is 4. The largest absolute Gasteiger partial charge is 0.497 e. The normalized spacial score (nSPS) is 10.0. The van der Waals surface area contributed by atoms with Gasteiger partial charge in [-0.05, 0) is 48.4 Å². The van der Waals surface area contributed by atoms with Crippen LogP contribution < -0.4 is 15.4 Å². The Morgan fingerprint density at radius 2 is 1.52 bits per heavy atom. The van der Waals surface area contributed by atoms with Crippen LogP contribution in [-0.4, -0.2) is 50.5 Å². The van der Waals surface area contributed by atoms with E-state index in [4.69, 9.17) is 4.74 Å². The Bertz CT molecular complexity index is 799. The van der Waals surface area contributed by atoms with Gasteiger partial charge in [0.05, 0.1) is 7.11 Å². The van der Waals surface area contributed by atoms with Gasteiger partial charge in [-0.2, -0.15) is 0 Å². The highest BCUT2D eigenvalue weighted by molar-refractivity contribution is 6.04. The first-order chi connectivity index (χ1) is 12.9. The van der Waals surface area contributed by atoms with Crippen molar-refractivity contribution in [3.05, 3.63) is 65.2 Å². The van der Waals surface area contributed by atoms with E-state index in [9.17, 15) is 14.4 Å². The number of methoxy groups -OCH3 is 1. The van der Waals surface area contributed by atoms with Gasteiger partial charge in [-0.25, -0.2) is 4.79 Å². The second-order valence-corrected chi connectivity index (χ2v) is 6.09. The van der Waals surface area contributed by atoms with Gasteiger partial charge in [0.15, 0.2) is 0 Å². The van der Waals surface area contributed by atoms with Crippen LogP contribution >= 0.6 is 0 Å². The fourth-order valence-electron chi connectivity index (χ4n) is 2.35. The van der Waals surface area contributed by atoms with Crippen molar-refractivity contribution in [3.63, 3.8) is 0 Å². The predicted octanol–water partition coefficient (Wildman–Crippen LogP) is 2.08. The molecule has 0 bridgehead atoms. The lowest BCUT2D eigenvalue weighted by Gasteiger charge is -2.10. The van der Waals surface area contributed by atoms with Crippen LogP contribution in [-0.2, 0) is 6.42 Å². The number of hydrogen-bond acceptors (Lipinski definition) is 4. The molecule has 0 fully saturated rings. The number of rotatable bonds is 6. The summed E-state index contributed by atoms with van der Waals surface area (Å²) in [4.78, 5) is 37.2. The van der Waals surface area contributed by atoms with Crippen molar-refractivity contribution in [2.75, 3.05) is 27.7 Å². The van der Waals surface area contributed by atoms with E-state index in [-0.39, 0.29) is 5.91 Å². The fraction of sp³-hybridized carbons (Fsp3) is 0.250. The van der Waals surface area contributed by atoms with Crippen molar-refractivity contribution in [1.82, 2.24) is 15.5 Å². The molecule has 0 aliphatic rings. The molecule has 0 aromatic heterocycles. The van der Waals surface area contributed by atoms with Gasteiger partial charge >= 0.3 is 6.03 Å². The first kappa shape index (κ1) is 20.0. The van der Waals surface area contributed by atoms with Crippen molar-refractivity contribution in [2.24, 2.45) is 0 Å². The summed E-state index contributed by atoms with van der Waals surface area (Å²) in [6, 6.07) is 13.1. The maximum Gasteiger partial charge on any atom is 0.321 e.